The third kappa shape index (κ3) is 4.68. The summed E-state index contributed by atoms with van der Waals surface area (Å²) in [4.78, 5) is 31.0. The van der Waals surface area contributed by atoms with E-state index >= 15 is 0 Å². The van der Waals surface area contributed by atoms with Crippen LogP contribution in [-0.4, -0.2) is 99.4 Å². The fourth-order valence-corrected chi connectivity index (χ4v) is 6.67. The van der Waals surface area contributed by atoms with Gasteiger partial charge in [-0.3, -0.25) is 9.69 Å². The summed E-state index contributed by atoms with van der Waals surface area (Å²) in [6.07, 6.45) is 0.306. The Kier molecular flexibility index (Phi) is 6.91. The number of likely N-dealkylation sites (N-methyl/N-ethyl adjacent to an activating group) is 1. The number of carbonyl (C=O) groups excluding carboxylic acids is 1. The molecular formula is C26H28FN9O2S2. The highest BCUT2D eigenvalue weighted by molar-refractivity contribution is 7.20. The zero-order valence-corrected chi connectivity index (χ0v) is 23.9. The van der Waals surface area contributed by atoms with Crippen LogP contribution in [0.25, 0.3) is 16.2 Å². The number of benzene rings is 1. The Morgan fingerprint density at radius 3 is 2.55 bits per heavy atom. The summed E-state index contributed by atoms with van der Waals surface area (Å²) in [5.74, 6) is 0.493. The number of thiazole rings is 1. The number of hydrogen-bond acceptors (Lipinski definition) is 11. The van der Waals surface area contributed by atoms with Crippen molar-refractivity contribution in [2.24, 2.45) is 0 Å². The molecule has 2 aliphatic rings. The predicted molar refractivity (Wildman–Crippen MR) is 152 cm³/mol. The molecule has 5 heterocycles. The van der Waals surface area contributed by atoms with E-state index in [1.165, 1.54) is 34.8 Å². The van der Waals surface area contributed by atoms with Gasteiger partial charge in [0.05, 0.1) is 18.3 Å². The van der Waals surface area contributed by atoms with Crippen LogP contribution >= 0.6 is 22.7 Å². The smallest absolute Gasteiger partial charge is 0.236 e. The second-order valence-electron chi connectivity index (χ2n) is 10.1. The summed E-state index contributed by atoms with van der Waals surface area (Å²) in [5, 5.41) is 25.6. The second kappa shape index (κ2) is 10.4. The van der Waals surface area contributed by atoms with Crippen LogP contribution in [0, 0.1) is 17.1 Å². The third-order valence-corrected chi connectivity index (χ3v) is 9.37. The van der Waals surface area contributed by atoms with Gasteiger partial charge in [-0.2, -0.15) is 9.78 Å². The molecule has 0 aliphatic carbocycles. The molecule has 208 valence electrons. The third-order valence-electron chi connectivity index (χ3n) is 7.37. The van der Waals surface area contributed by atoms with Gasteiger partial charge in [-0.05, 0) is 37.7 Å². The lowest BCUT2D eigenvalue weighted by Crippen LogP contribution is -2.61. The van der Waals surface area contributed by atoms with Crippen LogP contribution in [0.3, 0.4) is 0 Å². The zero-order valence-electron chi connectivity index (χ0n) is 22.3. The van der Waals surface area contributed by atoms with Crippen LogP contribution in [0.15, 0.2) is 24.3 Å². The van der Waals surface area contributed by atoms with Crippen molar-refractivity contribution in [2.45, 2.75) is 25.5 Å². The Labute approximate surface area is 238 Å². The van der Waals surface area contributed by atoms with E-state index in [2.05, 4.69) is 15.9 Å². The number of rotatable bonds is 8. The number of amides is 1. The van der Waals surface area contributed by atoms with Crippen molar-refractivity contribution in [2.75, 3.05) is 56.6 Å². The van der Waals surface area contributed by atoms with Gasteiger partial charge >= 0.3 is 0 Å². The molecule has 1 amide bonds. The van der Waals surface area contributed by atoms with Gasteiger partial charge in [-0.25, -0.2) is 14.4 Å². The number of aryl methyl sites for hydroxylation is 1. The highest BCUT2D eigenvalue weighted by Gasteiger charge is 2.36. The summed E-state index contributed by atoms with van der Waals surface area (Å²) >= 11 is 2.79. The Balaban J connectivity index is 1.20. The number of likely N-dealkylation sites (tertiary alicyclic amines) is 1. The van der Waals surface area contributed by atoms with Crippen LogP contribution in [0.5, 0.6) is 0 Å². The number of aliphatic hydroxyl groups is 1. The molecule has 0 bridgehead atoms. The molecule has 1 N–H and O–H groups in total. The molecule has 1 aromatic carbocycles. The van der Waals surface area contributed by atoms with Crippen LogP contribution in [0.1, 0.15) is 17.5 Å². The minimum absolute atomic E-state index is 0.0445. The number of aliphatic hydroxyl groups excluding tert-OH is 1. The monoisotopic (exact) mass is 581 g/mol. The van der Waals surface area contributed by atoms with Gasteiger partial charge in [0.25, 0.3) is 0 Å². The molecule has 2 aliphatic heterocycles. The first kappa shape index (κ1) is 26.6. The molecule has 6 rings (SSSR count). The standard InChI is InChI=1S/C26H28FN9O2S2/c1-4-19-23(33(3)24-30-22(20(9-28)39-24)15-5-7-16(27)8-6-15)36-25(29-19)40-26(31-36)35-10-17(11-35)32(2)14-21(38)34-12-18(37)13-34/h5-8,17-18,37H,4,10-14H2,1-3H3. The van der Waals surface area contributed by atoms with Crippen molar-refractivity contribution in [3.63, 3.8) is 0 Å². The summed E-state index contributed by atoms with van der Waals surface area (Å²) in [6, 6.07) is 8.43. The Morgan fingerprint density at radius 1 is 1.18 bits per heavy atom. The molecule has 0 spiro atoms. The first-order chi connectivity index (χ1) is 19.2. The molecular weight excluding hydrogens is 553 g/mol. The zero-order chi connectivity index (χ0) is 28.1. The molecule has 2 fully saturated rings. The van der Waals surface area contributed by atoms with Crippen molar-refractivity contribution in [3.05, 3.63) is 40.7 Å². The number of imidazole rings is 1. The molecule has 0 saturated carbocycles. The summed E-state index contributed by atoms with van der Waals surface area (Å²) in [7, 11) is 3.84. The van der Waals surface area contributed by atoms with Crippen LogP contribution in [0.2, 0.25) is 0 Å². The number of nitrogens with zero attached hydrogens (tertiary/aromatic N) is 9. The van der Waals surface area contributed by atoms with E-state index in [0.717, 1.165) is 34.7 Å². The Hall–Kier alpha value is -3.64. The summed E-state index contributed by atoms with van der Waals surface area (Å²) in [6.45, 7) is 4.73. The average molecular weight is 582 g/mol. The maximum absolute atomic E-state index is 13.5. The lowest BCUT2D eigenvalue weighted by atomic mass is 10.1. The maximum atomic E-state index is 13.5. The molecule has 11 nitrogen and oxygen atoms in total. The van der Waals surface area contributed by atoms with Gasteiger partial charge in [0.15, 0.2) is 10.9 Å². The fraction of sp³-hybridized carbons (Fsp3) is 0.423. The van der Waals surface area contributed by atoms with E-state index in [-0.39, 0.29) is 17.8 Å². The van der Waals surface area contributed by atoms with Crippen LogP contribution < -0.4 is 9.80 Å². The molecule has 2 saturated heterocycles. The van der Waals surface area contributed by atoms with Gasteiger partial charge in [0, 0.05) is 44.8 Å². The van der Waals surface area contributed by atoms with Gasteiger partial charge in [0.1, 0.15) is 22.5 Å². The lowest BCUT2D eigenvalue weighted by molar-refractivity contribution is -0.142. The number of β-amino-alcohol motifs (C(OH)–C–C–N with tert-alkyl or cyclic N) is 1. The van der Waals surface area contributed by atoms with Crippen LogP contribution in [-0.2, 0) is 11.2 Å². The Bertz CT molecular complexity index is 1600. The molecule has 0 radical (unpaired) electrons. The van der Waals surface area contributed by atoms with Gasteiger partial charge in [0.2, 0.25) is 16.0 Å². The van der Waals surface area contributed by atoms with E-state index in [0.29, 0.717) is 47.3 Å². The van der Waals surface area contributed by atoms with Gasteiger partial charge in [-0.1, -0.05) is 29.6 Å². The second-order valence-corrected chi connectivity index (χ2v) is 12.0. The van der Waals surface area contributed by atoms with Crippen molar-refractivity contribution < 1.29 is 14.3 Å². The largest absolute Gasteiger partial charge is 0.389 e. The van der Waals surface area contributed by atoms with Crippen molar-refractivity contribution >= 4 is 49.6 Å². The minimum Gasteiger partial charge on any atom is -0.389 e. The average Bonchev–Trinajstić information content (AvgIpc) is 3.58. The minimum atomic E-state index is -0.393. The maximum Gasteiger partial charge on any atom is 0.236 e. The number of aromatic nitrogens is 4. The quantitative estimate of drug-likeness (QED) is 0.335. The summed E-state index contributed by atoms with van der Waals surface area (Å²) in [5.41, 5.74) is 2.08. The van der Waals surface area contributed by atoms with E-state index in [1.54, 1.807) is 17.0 Å². The SMILES string of the molecule is CCc1nc2sc(N3CC(N(C)CC(=O)N4CC(O)C4)C3)nn2c1N(C)c1nc(-c2ccc(F)cc2)c(C#N)s1. The number of carbonyl (C=O) groups is 1. The van der Waals surface area contributed by atoms with Crippen molar-refractivity contribution in [1.29, 1.82) is 5.26 Å². The molecule has 0 unspecified atom stereocenters. The highest BCUT2D eigenvalue weighted by Crippen LogP contribution is 2.38. The molecule has 3 aromatic heterocycles. The number of halogens is 1. The lowest BCUT2D eigenvalue weighted by Gasteiger charge is -2.44. The fourth-order valence-electron chi connectivity index (χ4n) is 4.88. The van der Waals surface area contributed by atoms with E-state index in [1.807, 2.05) is 30.4 Å². The highest BCUT2D eigenvalue weighted by atomic mass is 32.1. The van der Waals surface area contributed by atoms with Crippen molar-refractivity contribution in [1.82, 2.24) is 29.4 Å². The molecule has 40 heavy (non-hydrogen) atoms. The summed E-state index contributed by atoms with van der Waals surface area (Å²) < 4.78 is 15.3. The van der Waals surface area contributed by atoms with Gasteiger partial charge in [-0.15, -0.1) is 5.10 Å². The van der Waals surface area contributed by atoms with Gasteiger partial charge < -0.3 is 19.8 Å². The number of fused-ring (bicyclic) bond motifs is 1. The molecule has 14 heteroatoms. The van der Waals surface area contributed by atoms with Crippen LogP contribution in [0.4, 0.5) is 20.5 Å². The van der Waals surface area contributed by atoms with E-state index in [4.69, 9.17) is 15.1 Å². The molecule has 0 atom stereocenters. The van der Waals surface area contributed by atoms with Crippen molar-refractivity contribution in [3.8, 4) is 17.3 Å². The first-order valence-corrected chi connectivity index (χ1v) is 14.6. The van der Waals surface area contributed by atoms with E-state index in [9.17, 15) is 19.6 Å². The first-order valence-electron chi connectivity index (χ1n) is 13.0. The molecule has 4 aromatic rings. The number of hydrogen-bond donors (Lipinski definition) is 1. The Morgan fingerprint density at radius 2 is 1.90 bits per heavy atom. The predicted octanol–water partition coefficient (Wildman–Crippen LogP) is 2.58. The number of nitriles is 1. The normalized spacial score (nSPS) is 15.9. The topological polar surface area (TPSA) is 117 Å². The number of anilines is 3. The van der Waals surface area contributed by atoms with E-state index < -0.39 is 6.10 Å².